The number of unbranched alkanes of at least 4 members (excludes halogenated alkanes) is 1. The largest absolute Gasteiger partial charge is 0.480 e. The molecule has 102 valence electrons. The number of hydrogen-bond acceptors (Lipinski definition) is 4. The van der Waals surface area contributed by atoms with E-state index in [1.165, 1.54) is 6.92 Å². The van der Waals surface area contributed by atoms with Crippen molar-refractivity contribution in [2.24, 2.45) is 5.73 Å². The molecule has 0 amide bonds. The van der Waals surface area contributed by atoms with Gasteiger partial charge in [-0.2, -0.15) is 0 Å². The number of carbonyl (C=O) groups is 1. The van der Waals surface area contributed by atoms with E-state index in [-0.39, 0.29) is 12.5 Å². The van der Waals surface area contributed by atoms with Gasteiger partial charge in [0.15, 0.2) is 0 Å². The van der Waals surface area contributed by atoms with E-state index in [1.807, 2.05) is 6.92 Å². The van der Waals surface area contributed by atoms with Crippen molar-refractivity contribution in [3.8, 4) is 0 Å². The summed E-state index contributed by atoms with van der Waals surface area (Å²) in [6.07, 6.45) is 2.27. The van der Waals surface area contributed by atoms with Crippen molar-refractivity contribution < 1.29 is 19.4 Å². The zero-order valence-corrected chi connectivity index (χ0v) is 11.1. The first-order valence-corrected chi connectivity index (χ1v) is 6.11. The zero-order valence-electron chi connectivity index (χ0n) is 11.1. The number of carboxylic acid groups (broad SMARTS) is 1. The predicted octanol–water partition coefficient (Wildman–Crippen LogP) is 1.40. The minimum absolute atomic E-state index is 0.184. The van der Waals surface area contributed by atoms with Crippen molar-refractivity contribution in [3.63, 3.8) is 0 Å². The minimum Gasteiger partial charge on any atom is -0.480 e. The average Bonchev–Trinajstić information content (AvgIpc) is 2.22. The Hall–Kier alpha value is -0.650. The van der Waals surface area contributed by atoms with E-state index in [0.717, 1.165) is 19.4 Å². The van der Waals surface area contributed by atoms with Gasteiger partial charge in [-0.15, -0.1) is 0 Å². The van der Waals surface area contributed by atoms with Gasteiger partial charge >= 0.3 is 5.97 Å². The molecule has 0 saturated carbocycles. The van der Waals surface area contributed by atoms with Gasteiger partial charge in [-0.1, -0.05) is 13.3 Å². The molecule has 0 spiro atoms. The first-order valence-electron chi connectivity index (χ1n) is 6.11. The molecule has 3 N–H and O–H groups in total. The van der Waals surface area contributed by atoms with E-state index in [1.54, 1.807) is 0 Å². The van der Waals surface area contributed by atoms with Crippen LogP contribution in [0.15, 0.2) is 0 Å². The summed E-state index contributed by atoms with van der Waals surface area (Å²) in [6, 6.07) is 0. The minimum atomic E-state index is -1.23. The number of carboxylic acids is 1. The fourth-order valence-electron chi connectivity index (χ4n) is 1.40. The molecule has 0 heterocycles. The first-order chi connectivity index (χ1) is 7.90. The van der Waals surface area contributed by atoms with Gasteiger partial charge in [-0.3, -0.25) is 4.79 Å². The molecule has 0 aliphatic heterocycles. The summed E-state index contributed by atoms with van der Waals surface area (Å²) in [5.74, 6) is -1.01. The molecule has 2 unspecified atom stereocenters. The Kier molecular flexibility index (Phi) is 8.12. The molecule has 0 rings (SSSR count). The first kappa shape index (κ1) is 16.4. The van der Waals surface area contributed by atoms with Gasteiger partial charge in [0.05, 0.1) is 19.3 Å². The van der Waals surface area contributed by atoms with E-state index < -0.39 is 11.5 Å². The van der Waals surface area contributed by atoms with Crippen LogP contribution in [0.1, 0.15) is 40.0 Å². The summed E-state index contributed by atoms with van der Waals surface area (Å²) in [7, 11) is 0. The van der Waals surface area contributed by atoms with Crippen LogP contribution in [0.2, 0.25) is 0 Å². The average molecular weight is 247 g/mol. The summed E-state index contributed by atoms with van der Waals surface area (Å²) >= 11 is 0. The Balaban J connectivity index is 3.59. The highest BCUT2D eigenvalue weighted by Gasteiger charge is 2.30. The summed E-state index contributed by atoms with van der Waals surface area (Å²) in [4.78, 5) is 10.8. The van der Waals surface area contributed by atoms with Gasteiger partial charge in [0.1, 0.15) is 5.54 Å². The molecular formula is C12H25NO4. The Bertz CT molecular complexity index is 219. The van der Waals surface area contributed by atoms with Crippen molar-refractivity contribution >= 4 is 5.97 Å². The Labute approximate surface area is 103 Å². The molecule has 2 atom stereocenters. The lowest BCUT2D eigenvalue weighted by atomic mass is 9.96. The highest BCUT2D eigenvalue weighted by atomic mass is 16.5. The van der Waals surface area contributed by atoms with Crippen LogP contribution < -0.4 is 5.73 Å². The number of ether oxygens (including phenoxy) is 2. The molecule has 5 nitrogen and oxygen atoms in total. The second kappa shape index (κ2) is 8.44. The van der Waals surface area contributed by atoms with Gasteiger partial charge in [-0.05, 0) is 20.3 Å². The van der Waals surface area contributed by atoms with Crippen molar-refractivity contribution in [2.75, 3.05) is 19.8 Å². The van der Waals surface area contributed by atoms with E-state index >= 15 is 0 Å². The van der Waals surface area contributed by atoms with Gasteiger partial charge in [-0.25, -0.2) is 0 Å². The van der Waals surface area contributed by atoms with Crippen LogP contribution in [-0.4, -0.2) is 42.5 Å². The van der Waals surface area contributed by atoms with E-state index in [9.17, 15) is 4.79 Å². The van der Waals surface area contributed by atoms with Crippen LogP contribution in [0.5, 0.6) is 0 Å². The number of nitrogens with two attached hydrogens (primary N) is 1. The maximum Gasteiger partial charge on any atom is 0.323 e. The van der Waals surface area contributed by atoms with Crippen LogP contribution in [0.25, 0.3) is 0 Å². The van der Waals surface area contributed by atoms with Crippen LogP contribution in [0, 0.1) is 0 Å². The predicted molar refractivity (Wildman–Crippen MR) is 66.0 cm³/mol. The van der Waals surface area contributed by atoms with Gasteiger partial charge < -0.3 is 20.3 Å². The standard InChI is InChI=1S/C12H25NO4/c1-4-5-6-16-7-8-17-10(2)9-12(3,13)11(14)15/h10H,4-9,13H2,1-3H3,(H,14,15). The second-order valence-electron chi connectivity index (χ2n) is 4.57. The molecule has 5 heteroatoms. The van der Waals surface area contributed by atoms with E-state index in [4.69, 9.17) is 20.3 Å². The van der Waals surface area contributed by atoms with Crippen LogP contribution in [-0.2, 0) is 14.3 Å². The molecule has 0 aromatic heterocycles. The highest BCUT2D eigenvalue weighted by Crippen LogP contribution is 2.11. The third-order valence-electron chi connectivity index (χ3n) is 2.47. The third kappa shape index (κ3) is 8.12. The molecule has 0 saturated heterocycles. The Morgan fingerprint density at radius 1 is 1.41 bits per heavy atom. The Morgan fingerprint density at radius 2 is 2.06 bits per heavy atom. The lowest BCUT2D eigenvalue weighted by Gasteiger charge is -2.23. The van der Waals surface area contributed by atoms with Crippen LogP contribution in [0.4, 0.5) is 0 Å². The molecule has 0 fully saturated rings. The van der Waals surface area contributed by atoms with Gasteiger partial charge in [0, 0.05) is 13.0 Å². The molecule has 0 bridgehead atoms. The second-order valence-corrected chi connectivity index (χ2v) is 4.57. The monoisotopic (exact) mass is 247 g/mol. The van der Waals surface area contributed by atoms with Crippen molar-refractivity contribution in [1.82, 2.24) is 0 Å². The maximum atomic E-state index is 10.8. The summed E-state index contributed by atoms with van der Waals surface area (Å²) in [5.41, 5.74) is 4.39. The van der Waals surface area contributed by atoms with Crippen molar-refractivity contribution in [3.05, 3.63) is 0 Å². The van der Waals surface area contributed by atoms with Crippen molar-refractivity contribution in [2.45, 2.75) is 51.7 Å². The topological polar surface area (TPSA) is 81.8 Å². The number of rotatable bonds is 10. The normalized spacial score (nSPS) is 16.5. The molecular weight excluding hydrogens is 222 g/mol. The molecule has 0 aliphatic rings. The van der Waals surface area contributed by atoms with E-state index in [0.29, 0.717) is 13.2 Å². The molecule has 17 heavy (non-hydrogen) atoms. The third-order valence-corrected chi connectivity index (χ3v) is 2.47. The zero-order chi connectivity index (χ0) is 13.3. The maximum absolute atomic E-state index is 10.8. The van der Waals surface area contributed by atoms with E-state index in [2.05, 4.69) is 6.92 Å². The van der Waals surface area contributed by atoms with Crippen molar-refractivity contribution in [1.29, 1.82) is 0 Å². The molecule has 0 radical (unpaired) electrons. The molecule has 0 aliphatic carbocycles. The smallest absolute Gasteiger partial charge is 0.323 e. The summed E-state index contributed by atoms with van der Waals surface area (Å²) in [6.45, 7) is 7.18. The SMILES string of the molecule is CCCCOCCOC(C)CC(C)(N)C(=O)O. The summed E-state index contributed by atoms with van der Waals surface area (Å²) in [5, 5.41) is 8.85. The number of hydrogen-bond donors (Lipinski definition) is 2. The highest BCUT2D eigenvalue weighted by molar-refractivity contribution is 5.77. The van der Waals surface area contributed by atoms with Crippen LogP contribution >= 0.6 is 0 Å². The fraction of sp³-hybridized carbons (Fsp3) is 0.917. The quantitative estimate of drug-likeness (QED) is 0.570. The molecule has 0 aromatic carbocycles. The van der Waals surface area contributed by atoms with Crippen LogP contribution in [0.3, 0.4) is 0 Å². The Morgan fingerprint density at radius 3 is 2.59 bits per heavy atom. The van der Waals surface area contributed by atoms with Gasteiger partial charge in [0.25, 0.3) is 0 Å². The lowest BCUT2D eigenvalue weighted by Crippen LogP contribution is -2.47. The number of aliphatic carboxylic acids is 1. The van der Waals surface area contributed by atoms with Gasteiger partial charge in [0.2, 0.25) is 0 Å². The lowest BCUT2D eigenvalue weighted by molar-refractivity contribution is -0.144. The fourth-order valence-corrected chi connectivity index (χ4v) is 1.40. The summed E-state index contributed by atoms with van der Waals surface area (Å²) < 4.78 is 10.8. The molecule has 0 aromatic rings.